The molecular weight excluding hydrogens is 272 g/mol. The largest absolute Gasteiger partial charge is 0.243 e. The molecule has 0 spiro atoms. The Bertz CT molecular complexity index is 493. The van der Waals surface area contributed by atoms with Crippen molar-refractivity contribution in [3.05, 3.63) is 29.8 Å². The van der Waals surface area contributed by atoms with Crippen LogP contribution in [0.5, 0.6) is 0 Å². The van der Waals surface area contributed by atoms with Crippen LogP contribution in [0.15, 0.2) is 23.1 Å². The molecule has 17 heavy (non-hydrogen) atoms. The Morgan fingerprint density at radius 1 is 1.41 bits per heavy atom. The summed E-state index contributed by atoms with van der Waals surface area (Å²) in [5.41, 5.74) is 0. The topological polar surface area (TPSA) is 46.2 Å². The van der Waals surface area contributed by atoms with Crippen molar-refractivity contribution in [2.45, 2.75) is 24.3 Å². The maximum absolute atomic E-state index is 13.3. The molecule has 0 aromatic heterocycles. The van der Waals surface area contributed by atoms with Gasteiger partial charge in [-0.2, -0.15) is 0 Å². The second-order valence-electron chi connectivity index (χ2n) is 3.57. The molecule has 0 heterocycles. The van der Waals surface area contributed by atoms with Crippen LogP contribution in [0.1, 0.15) is 13.3 Å². The van der Waals surface area contributed by atoms with Crippen LogP contribution in [0.3, 0.4) is 0 Å². The number of sulfonamides is 1. The summed E-state index contributed by atoms with van der Waals surface area (Å²) in [4.78, 5) is -0.695. The lowest BCUT2D eigenvalue weighted by Crippen LogP contribution is -2.33. The van der Waals surface area contributed by atoms with Gasteiger partial charge in [0.15, 0.2) is 0 Å². The van der Waals surface area contributed by atoms with Gasteiger partial charge in [-0.25, -0.2) is 21.9 Å². The molecule has 3 nitrogen and oxygen atoms in total. The van der Waals surface area contributed by atoms with E-state index in [9.17, 15) is 17.2 Å². The Hall–Kier alpha value is -0.720. The molecule has 1 aromatic carbocycles. The highest BCUT2D eigenvalue weighted by molar-refractivity contribution is 7.89. The first-order valence-corrected chi connectivity index (χ1v) is 6.92. The van der Waals surface area contributed by atoms with Gasteiger partial charge >= 0.3 is 0 Å². The molecule has 7 heteroatoms. The maximum Gasteiger partial charge on any atom is 0.243 e. The van der Waals surface area contributed by atoms with Crippen LogP contribution in [0.2, 0.25) is 0 Å². The van der Waals surface area contributed by atoms with Crippen molar-refractivity contribution in [2.24, 2.45) is 0 Å². The molecule has 0 aliphatic rings. The van der Waals surface area contributed by atoms with E-state index in [0.717, 1.165) is 12.1 Å². The molecule has 1 atom stereocenters. The third kappa shape index (κ3) is 3.90. The third-order valence-corrected chi connectivity index (χ3v) is 3.90. The van der Waals surface area contributed by atoms with Crippen molar-refractivity contribution in [3.8, 4) is 0 Å². The monoisotopic (exact) mass is 283 g/mol. The first-order valence-electron chi connectivity index (χ1n) is 4.90. The lowest BCUT2D eigenvalue weighted by atomic mass is 10.3. The van der Waals surface area contributed by atoms with E-state index in [1.54, 1.807) is 6.92 Å². The number of hydrogen-bond donors (Lipinski definition) is 1. The SMILES string of the molecule is CC(CCCl)NS(=O)(=O)c1cc(F)ccc1F. The van der Waals surface area contributed by atoms with Crippen LogP contribution in [0.25, 0.3) is 0 Å². The number of nitrogens with one attached hydrogen (secondary N) is 1. The van der Waals surface area contributed by atoms with Crippen molar-refractivity contribution in [2.75, 3.05) is 5.88 Å². The summed E-state index contributed by atoms with van der Waals surface area (Å²) >= 11 is 5.46. The van der Waals surface area contributed by atoms with Crippen LogP contribution in [0.4, 0.5) is 8.78 Å². The first-order chi connectivity index (χ1) is 7.86. The van der Waals surface area contributed by atoms with Crippen LogP contribution < -0.4 is 4.72 Å². The van der Waals surface area contributed by atoms with E-state index >= 15 is 0 Å². The summed E-state index contributed by atoms with van der Waals surface area (Å²) in [5, 5.41) is 0. The van der Waals surface area contributed by atoms with Crippen molar-refractivity contribution < 1.29 is 17.2 Å². The predicted molar refractivity (Wildman–Crippen MR) is 61.5 cm³/mol. The van der Waals surface area contributed by atoms with Crippen LogP contribution in [0, 0.1) is 11.6 Å². The van der Waals surface area contributed by atoms with Crippen LogP contribution >= 0.6 is 11.6 Å². The summed E-state index contributed by atoms with van der Waals surface area (Å²) in [7, 11) is -4.06. The number of hydrogen-bond acceptors (Lipinski definition) is 2. The van der Waals surface area contributed by atoms with E-state index in [1.807, 2.05) is 0 Å². The predicted octanol–water partition coefficient (Wildman–Crippen LogP) is 2.26. The Morgan fingerprint density at radius 3 is 2.65 bits per heavy atom. The fourth-order valence-electron chi connectivity index (χ4n) is 1.23. The van der Waals surface area contributed by atoms with Crippen LogP contribution in [-0.2, 0) is 10.0 Å². The number of halogens is 3. The van der Waals surface area contributed by atoms with E-state index in [2.05, 4.69) is 4.72 Å². The highest BCUT2D eigenvalue weighted by Crippen LogP contribution is 2.16. The second kappa shape index (κ2) is 5.75. The molecule has 0 radical (unpaired) electrons. The number of alkyl halides is 1. The molecule has 0 aliphatic carbocycles. The Morgan fingerprint density at radius 2 is 2.06 bits per heavy atom. The third-order valence-electron chi connectivity index (χ3n) is 2.08. The molecular formula is C10H12ClF2NO2S. The van der Waals surface area contributed by atoms with Gasteiger partial charge in [0.25, 0.3) is 0 Å². The average Bonchev–Trinajstić information content (AvgIpc) is 2.21. The molecule has 1 aromatic rings. The summed E-state index contributed by atoms with van der Waals surface area (Å²) in [5.74, 6) is -1.52. The smallest absolute Gasteiger partial charge is 0.208 e. The minimum Gasteiger partial charge on any atom is -0.208 e. The van der Waals surface area contributed by atoms with Gasteiger partial charge < -0.3 is 0 Å². The standard InChI is InChI=1S/C10H12ClF2NO2S/c1-7(4-5-11)14-17(15,16)10-6-8(12)2-3-9(10)13/h2-3,6-7,14H,4-5H2,1H3. The van der Waals surface area contributed by atoms with Crippen molar-refractivity contribution in [1.82, 2.24) is 4.72 Å². The first kappa shape index (κ1) is 14.3. The van der Waals surface area contributed by atoms with Crippen molar-refractivity contribution in [1.29, 1.82) is 0 Å². The summed E-state index contributed by atoms with van der Waals surface area (Å²) in [6.07, 6.45) is 0.401. The van der Waals surface area contributed by atoms with E-state index in [1.165, 1.54) is 0 Å². The Balaban J connectivity index is 3.01. The van der Waals surface area contributed by atoms with Gasteiger partial charge in [0.2, 0.25) is 10.0 Å². The van der Waals surface area contributed by atoms with Gasteiger partial charge in [0.05, 0.1) is 0 Å². The van der Waals surface area contributed by atoms with Gasteiger partial charge in [-0.1, -0.05) is 0 Å². The van der Waals surface area contributed by atoms with Gasteiger partial charge in [-0.05, 0) is 31.5 Å². The highest BCUT2D eigenvalue weighted by Gasteiger charge is 2.21. The zero-order valence-corrected chi connectivity index (χ0v) is 10.7. The van der Waals surface area contributed by atoms with Gasteiger partial charge in [0.1, 0.15) is 16.5 Å². The lowest BCUT2D eigenvalue weighted by Gasteiger charge is -2.13. The quantitative estimate of drug-likeness (QED) is 0.843. The minimum atomic E-state index is -4.06. The van der Waals surface area contributed by atoms with Crippen LogP contribution in [-0.4, -0.2) is 20.3 Å². The van der Waals surface area contributed by atoms with Gasteiger partial charge in [-0.3, -0.25) is 0 Å². The maximum atomic E-state index is 13.3. The summed E-state index contributed by atoms with van der Waals surface area (Å²) in [6.45, 7) is 1.59. The van der Waals surface area contributed by atoms with E-state index < -0.39 is 32.6 Å². The van der Waals surface area contributed by atoms with Crippen molar-refractivity contribution >= 4 is 21.6 Å². The molecule has 0 saturated carbocycles. The van der Waals surface area contributed by atoms with E-state index in [4.69, 9.17) is 11.6 Å². The number of benzene rings is 1. The fourth-order valence-corrected chi connectivity index (χ4v) is 2.93. The van der Waals surface area contributed by atoms with Gasteiger partial charge in [0, 0.05) is 11.9 Å². The molecule has 1 N–H and O–H groups in total. The fraction of sp³-hybridized carbons (Fsp3) is 0.400. The molecule has 96 valence electrons. The molecule has 0 aliphatic heterocycles. The molecule has 0 fully saturated rings. The highest BCUT2D eigenvalue weighted by atomic mass is 35.5. The second-order valence-corrected chi connectivity index (χ2v) is 5.64. The molecule has 1 unspecified atom stereocenters. The van der Waals surface area contributed by atoms with Crippen molar-refractivity contribution in [3.63, 3.8) is 0 Å². The molecule has 0 amide bonds. The molecule has 1 rings (SSSR count). The number of rotatable bonds is 5. The minimum absolute atomic E-state index is 0.273. The molecule has 0 saturated heterocycles. The zero-order valence-electron chi connectivity index (χ0n) is 9.08. The Labute approximate surface area is 104 Å². The normalized spacial score (nSPS) is 13.6. The van der Waals surface area contributed by atoms with Gasteiger partial charge in [-0.15, -0.1) is 11.6 Å². The summed E-state index contributed by atoms with van der Waals surface area (Å²) < 4.78 is 51.9. The van der Waals surface area contributed by atoms with E-state index in [-0.39, 0.29) is 5.88 Å². The van der Waals surface area contributed by atoms with E-state index in [0.29, 0.717) is 12.5 Å². The Kier molecular flexibility index (Phi) is 4.85. The zero-order chi connectivity index (χ0) is 13.1. The molecule has 0 bridgehead atoms. The summed E-state index contributed by atoms with van der Waals surface area (Å²) in [6, 6.07) is 1.83. The average molecular weight is 284 g/mol. The lowest BCUT2D eigenvalue weighted by molar-refractivity contribution is 0.532.